The van der Waals surface area contributed by atoms with Crippen LogP contribution < -0.4 is 0 Å². The highest BCUT2D eigenvalue weighted by Crippen LogP contribution is 2.21. The van der Waals surface area contributed by atoms with E-state index >= 15 is 0 Å². The summed E-state index contributed by atoms with van der Waals surface area (Å²) in [5, 5.41) is 0.584. The molecule has 120 valence electrons. The lowest BCUT2D eigenvalue weighted by molar-refractivity contribution is 0.146. The number of ether oxygens (including phenoxy) is 1. The summed E-state index contributed by atoms with van der Waals surface area (Å²) in [6.45, 7) is 4.35. The van der Waals surface area contributed by atoms with Crippen LogP contribution in [0.2, 0.25) is 5.02 Å². The fourth-order valence-corrected chi connectivity index (χ4v) is 2.49. The Hall–Kier alpha value is -2.21. The maximum Gasteiger partial charge on any atom is 0.421 e. The van der Waals surface area contributed by atoms with Gasteiger partial charge >= 0.3 is 6.09 Å². The molecule has 0 aliphatic rings. The lowest BCUT2D eigenvalue weighted by Crippen LogP contribution is -2.17. The van der Waals surface area contributed by atoms with Gasteiger partial charge in [0.25, 0.3) is 0 Å². The lowest BCUT2D eigenvalue weighted by atomic mass is 10.3. The molecule has 0 amide bonds. The number of hydrogen-bond donors (Lipinski definition) is 0. The first kappa shape index (κ1) is 15.7. The largest absolute Gasteiger partial charge is 0.449 e. The van der Waals surface area contributed by atoms with Crippen LogP contribution >= 0.6 is 11.6 Å². The van der Waals surface area contributed by atoms with Crippen LogP contribution in [0.4, 0.5) is 4.79 Å². The Bertz CT molecular complexity index is 875. The maximum atomic E-state index is 12.4. The van der Waals surface area contributed by atoms with Crippen LogP contribution in [0.3, 0.4) is 0 Å². The van der Waals surface area contributed by atoms with Gasteiger partial charge in [-0.25, -0.2) is 24.3 Å². The normalized spacial score (nSPS) is 11.3. The number of aromatic nitrogens is 4. The van der Waals surface area contributed by atoms with Crippen molar-refractivity contribution in [3.8, 4) is 0 Å². The van der Waals surface area contributed by atoms with Gasteiger partial charge in [0.1, 0.15) is 5.82 Å². The van der Waals surface area contributed by atoms with Gasteiger partial charge in [-0.15, -0.1) is 0 Å². The highest BCUT2D eigenvalue weighted by molar-refractivity contribution is 6.31. The number of fused-ring (bicyclic) bond motifs is 2. The van der Waals surface area contributed by atoms with Crippen LogP contribution in [-0.2, 0) is 11.2 Å². The fourth-order valence-electron chi connectivity index (χ4n) is 2.33. The van der Waals surface area contributed by atoms with Gasteiger partial charge in [-0.3, -0.25) is 0 Å². The first-order valence-corrected chi connectivity index (χ1v) is 8.03. The van der Waals surface area contributed by atoms with Crippen molar-refractivity contribution in [1.82, 2.24) is 19.5 Å². The third-order valence-electron chi connectivity index (χ3n) is 3.52. The summed E-state index contributed by atoms with van der Waals surface area (Å²) in [7, 11) is 0. The van der Waals surface area contributed by atoms with Gasteiger partial charge in [0.05, 0.1) is 17.6 Å². The average molecular weight is 333 g/mol. The maximum absolute atomic E-state index is 12.4. The Balaban J connectivity index is 2.11. The summed E-state index contributed by atoms with van der Waals surface area (Å²) >= 11 is 5.99. The SMILES string of the molecule is CCCCOC(=O)n1c(CC)nc2nc3cc(Cl)ccc3nc21. The summed E-state index contributed by atoms with van der Waals surface area (Å²) < 4.78 is 6.71. The van der Waals surface area contributed by atoms with E-state index in [9.17, 15) is 4.79 Å². The minimum Gasteiger partial charge on any atom is -0.449 e. The topological polar surface area (TPSA) is 69.9 Å². The Labute approximate surface area is 138 Å². The van der Waals surface area contributed by atoms with Crippen molar-refractivity contribution in [2.45, 2.75) is 33.1 Å². The molecule has 3 aromatic rings. The number of imidazole rings is 1. The highest BCUT2D eigenvalue weighted by atomic mass is 35.5. The molecule has 0 saturated carbocycles. The van der Waals surface area contributed by atoms with Crippen LogP contribution in [-0.4, -0.2) is 32.2 Å². The van der Waals surface area contributed by atoms with Gasteiger partial charge in [0, 0.05) is 11.4 Å². The Kier molecular flexibility index (Phi) is 4.43. The van der Waals surface area contributed by atoms with Gasteiger partial charge in [0.2, 0.25) is 0 Å². The molecule has 23 heavy (non-hydrogen) atoms. The monoisotopic (exact) mass is 332 g/mol. The van der Waals surface area contributed by atoms with E-state index in [1.54, 1.807) is 18.2 Å². The van der Waals surface area contributed by atoms with E-state index in [4.69, 9.17) is 16.3 Å². The smallest absolute Gasteiger partial charge is 0.421 e. The van der Waals surface area contributed by atoms with Crippen molar-refractivity contribution >= 4 is 40.0 Å². The Morgan fingerprint density at radius 3 is 2.78 bits per heavy atom. The molecule has 3 rings (SSSR count). The average Bonchev–Trinajstić information content (AvgIpc) is 2.90. The molecule has 0 aliphatic heterocycles. The van der Waals surface area contributed by atoms with E-state index < -0.39 is 6.09 Å². The number of benzene rings is 1. The molecule has 0 N–H and O–H groups in total. The summed E-state index contributed by atoms with van der Waals surface area (Å²) in [4.78, 5) is 25.8. The van der Waals surface area contributed by atoms with E-state index in [0.717, 1.165) is 12.8 Å². The number of carbonyl (C=O) groups excluding carboxylic acids is 1. The summed E-state index contributed by atoms with van der Waals surface area (Å²) in [6.07, 6.45) is 1.91. The first-order chi connectivity index (χ1) is 11.1. The first-order valence-electron chi connectivity index (χ1n) is 7.65. The molecule has 0 aliphatic carbocycles. The summed E-state index contributed by atoms with van der Waals surface area (Å²) in [6, 6.07) is 5.24. The minimum atomic E-state index is -0.458. The van der Waals surface area contributed by atoms with Gasteiger partial charge in [-0.1, -0.05) is 31.9 Å². The fraction of sp³-hybridized carbons (Fsp3) is 0.375. The second-order valence-electron chi connectivity index (χ2n) is 5.19. The molecule has 0 unspecified atom stereocenters. The quantitative estimate of drug-likeness (QED) is 0.676. The molecule has 0 atom stereocenters. The molecule has 0 fully saturated rings. The number of carbonyl (C=O) groups is 1. The Morgan fingerprint density at radius 1 is 1.22 bits per heavy atom. The summed E-state index contributed by atoms with van der Waals surface area (Å²) in [5.41, 5.74) is 2.14. The van der Waals surface area contributed by atoms with Crippen LogP contribution in [0, 0.1) is 0 Å². The van der Waals surface area contributed by atoms with Gasteiger partial charge in [-0.05, 0) is 24.6 Å². The number of nitrogens with zero attached hydrogens (tertiary/aromatic N) is 4. The van der Waals surface area contributed by atoms with E-state index in [0.29, 0.717) is 46.2 Å². The zero-order valence-electron chi connectivity index (χ0n) is 13.0. The van der Waals surface area contributed by atoms with Crippen molar-refractivity contribution in [1.29, 1.82) is 0 Å². The van der Waals surface area contributed by atoms with Crippen molar-refractivity contribution in [3.63, 3.8) is 0 Å². The minimum absolute atomic E-state index is 0.384. The molecular formula is C16H17ClN4O2. The standard InChI is InChI=1S/C16H17ClN4O2/c1-3-5-8-23-16(22)21-13(4-2)20-14-15(21)19-11-7-6-10(17)9-12(11)18-14/h6-7,9H,3-5,8H2,1-2H3. The van der Waals surface area contributed by atoms with E-state index in [1.165, 1.54) is 4.57 Å². The third-order valence-corrected chi connectivity index (χ3v) is 3.75. The Morgan fingerprint density at radius 2 is 2.04 bits per heavy atom. The van der Waals surface area contributed by atoms with Gasteiger partial charge in [-0.2, -0.15) is 0 Å². The molecule has 2 heterocycles. The van der Waals surface area contributed by atoms with Gasteiger partial charge in [0.15, 0.2) is 11.3 Å². The lowest BCUT2D eigenvalue weighted by Gasteiger charge is -2.07. The van der Waals surface area contributed by atoms with Gasteiger partial charge < -0.3 is 4.74 Å². The number of unbranched alkanes of at least 4 members (excludes halogenated alkanes) is 1. The van der Waals surface area contributed by atoms with Crippen molar-refractivity contribution in [3.05, 3.63) is 29.0 Å². The van der Waals surface area contributed by atoms with E-state index in [2.05, 4.69) is 15.0 Å². The zero-order valence-corrected chi connectivity index (χ0v) is 13.8. The third kappa shape index (κ3) is 2.99. The van der Waals surface area contributed by atoms with Crippen molar-refractivity contribution < 1.29 is 9.53 Å². The van der Waals surface area contributed by atoms with Crippen molar-refractivity contribution in [2.24, 2.45) is 0 Å². The molecular weight excluding hydrogens is 316 g/mol. The van der Waals surface area contributed by atoms with E-state index in [1.807, 2.05) is 13.8 Å². The van der Waals surface area contributed by atoms with Crippen LogP contribution in [0.15, 0.2) is 18.2 Å². The molecule has 7 heteroatoms. The van der Waals surface area contributed by atoms with E-state index in [-0.39, 0.29) is 0 Å². The molecule has 0 bridgehead atoms. The predicted octanol–water partition coefficient (Wildman–Crippen LogP) is 3.98. The van der Waals surface area contributed by atoms with Crippen LogP contribution in [0.1, 0.15) is 32.5 Å². The highest BCUT2D eigenvalue weighted by Gasteiger charge is 2.19. The predicted molar refractivity (Wildman–Crippen MR) is 88.9 cm³/mol. The number of halogens is 1. The molecule has 0 radical (unpaired) electrons. The zero-order chi connectivity index (χ0) is 16.4. The number of hydrogen-bond acceptors (Lipinski definition) is 5. The molecule has 2 aromatic heterocycles. The molecule has 1 aromatic carbocycles. The molecule has 0 spiro atoms. The van der Waals surface area contributed by atoms with Crippen molar-refractivity contribution in [2.75, 3.05) is 6.61 Å². The van der Waals surface area contributed by atoms with Crippen LogP contribution in [0.25, 0.3) is 22.3 Å². The molecule has 0 saturated heterocycles. The second-order valence-corrected chi connectivity index (χ2v) is 5.63. The number of rotatable bonds is 4. The number of aryl methyl sites for hydroxylation is 1. The second kappa shape index (κ2) is 6.50. The molecule has 6 nitrogen and oxygen atoms in total. The summed E-state index contributed by atoms with van der Waals surface area (Å²) in [5.74, 6) is 0.586. The van der Waals surface area contributed by atoms with Crippen LogP contribution in [0.5, 0.6) is 0 Å².